The number of aromatic nitrogens is 1. The van der Waals surface area contributed by atoms with Crippen molar-refractivity contribution < 1.29 is 13.7 Å². The summed E-state index contributed by atoms with van der Waals surface area (Å²) in [5, 5.41) is 14.4. The Hall–Kier alpha value is -1.38. The van der Waals surface area contributed by atoms with Gasteiger partial charge in [-0.2, -0.15) is 0 Å². The average Bonchev–Trinajstić information content (AvgIpc) is 2.01. The van der Waals surface area contributed by atoms with Crippen molar-refractivity contribution >= 4 is 17.0 Å². The Balaban J connectivity index is 0.000000423. The van der Waals surface area contributed by atoms with Crippen LogP contribution in [0, 0.1) is 24.0 Å². The molecule has 0 saturated carbocycles. The summed E-state index contributed by atoms with van der Waals surface area (Å²) in [5.41, 5.74) is 1.24. The predicted molar refractivity (Wildman–Crippen MR) is 53.5 cm³/mol. The van der Waals surface area contributed by atoms with Gasteiger partial charge in [0, 0.05) is 23.0 Å². The molecule has 0 fully saturated rings. The fraction of sp³-hybridized carbons (Fsp3) is 0.286. The van der Waals surface area contributed by atoms with Gasteiger partial charge in [0.2, 0.25) is 0 Å². The molecule has 1 aromatic heterocycles. The van der Waals surface area contributed by atoms with Crippen molar-refractivity contribution in [1.29, 1.82) is 0 Å². The third kappa shape index (κ3) is 5.15. The van der Waals surface area contributed by atoms with Crippen molar-refractivity contribution in [2.75, 3.05) is 0 Å². The van der Waals surface area contributed by atoms with Gasteiger partial charge in [0.05, 0.1) is 4.92 Å². The van der Waals surface area contributed by atoms with Crippen LogP contribution in [0.1, 0.15) is 11.3 Å². The summed E-state index contributed by atoms with van der Waals surface area (Å²) in [6.07, 6.45) is 1.57. The number of hydrogen-bond acceptors (Lipinski definition) is 5. The summed E-state index contributed by atoms with van der Waals surface area (Å²) in [6.45, 7) is 3.33. The molecule has 0 aromatic carbocycles. The molecule has 0 radical (unpaired) electrons. The van der Waals surface area contributed by atoms with Crippen molar-refractivity contribution in [3.63, 3.8) is 0 Å². The molecule has 8 heteroatoms. The summed E-state index contributed by atoms with van der Waals surface area (Å²) < 4.78 is 17.6. The summed E-state index contributed by atoms with van der Waals surface area (Å²) in [4.78, 5) is 13.8. The van der Waals surface area contributed by atoms with Gasteiger partial charge in [-0.25, -0.2) is 0 Å². The van der Waals surface area contributed by atoms with Gasteiger partial charge in [0.25, 0.3) is 5.69 Å². The summed E-state index contributed by atoms with van der Waals surface area (Å²) in [7, 11) is 0. The molecule has 1 unspecified atom stereocenters. The highest BCUT2D eigenvalue weighted by atomic mass is 32.2. The quantitative estimate of drug-likeness (QED) is 0.425. The second kappa shape index (κ2) is 6.17. The van der Waals surface area contributed by atoms with Crippen LogP contribution in [0.15, 0.2) is 12.3 Å². The summed E-state index contributed by atoms with van der Waals surface area (Å²) in [5.74, 6) is 0. The van der Waals surface area contributed by atoms with Crippen LogP contribution in [0.5, 0.6) is 0 Å². The molecular formula is C7H10N3O4S-. The minimum atomic E-state index is -2.36. The Bertz CT molecular complexity index is 358. The molecule has 0 aliphatic rings. The van der Waals surface area contributed by atoms with E-state index in [1.807, 2.05) is 0 Å². The molecule has 1 aromatic rings. The van der Waals surface area contributed by atoms with Crippen LogP contribution in [0.25, 0.3) is 0 Å². The lowest BCUT2D eigenvalue weighted by molar-refractivity contribution is -0.386. The highest BCUT2D eigenvalue weighted by molar-refractivity contribution is 7.76. The van der Waals surface area contributed by atoms with E-state index in [-0.39, 0.29) is 5.69 Å². The lowest BCUT2D eigenvalue weighted by atomic mass is 10.2. The van der Waals surface area contributed by atoms with E-state index < -0.39 is 16.2 Å². The van der Waals surface area contributed by atoms with Crippen LogP contribution >= 0.6 is 0 Å². The van der Waals surface area contributed by atoms with Crippen molar-refractivity contribution in [2.45, 2.75) is 13.8 Å². The van der Waals surface area contributed by atoms with E-state index in [0.717, 1.165) is 0 Å². The molecular weight excluding hydrogens is 222 g/mol. The zero-order valence-electron chi connectivity index (χ0n) is 8.17. The topological polar surface area (TPSA) is 122 Å². The number of pyridine rings is 1. The number of hydrogen-bond donors (Lipinski definition) is 1. The van der Waals surface area contributed by atoms with Crippen LogP contribution in [-0.4, -0.2) is 18.7 Å². The largest absolute Gasteiger partial charge is 0.760 e. The molecule has 0 amide bonds. The van der Waals surface area contributed by atoms with Crippen LogP contribution in [0.2, 0.25) is 0 Å². The van der Waals surface area contributed by atoms with Crippen molar-refractivity contribution in [3.05, 3.63) is 33.6 Å². The number of nitrogens with zero attached hydrogens (tertiary/aromatic N) is 2. The minimum Gasteiger partial charge on any atom is -0.760 e. The monoisotopic (exact) mass is 232 g/mol. The zero-order valence-corrected chi connectivity index (χ0v) is 8.98. The van der Waals surface area contributed by atoms with Gasteiger partial charge in [-0.05, 0) is 19.9 Å². The first-order chi connectivity index (χ1) is 6.86. The van der Waals surface area contributed by atoms with Gasteiger partial charge in [0.15, 0.2) is 0 Å². The first kappa shape index (κ1) is 13.6. The molecule has 0 bridgehead atoms. The molecule has 1 rings (SSSR count). The molecule has 84 valence electrons. The van der Waals surface area contributed by atoms with Crippen LogP contribution in [0.4, 0.5) is 5.69 Å². The van der Waals surface area contributed by atoms with Crippen LogP contribution in [0.3, 0.4) is 0 Å². The molecule has 0 spiro atoms. The maximum absolute atomic E-state index is 10.4. The van der Waals surface area contributed by atoms with Gasteiger partial charge in [0.1, 0.15) is 5.69 Å². The van der Waals surface area contributed by atoms with Crippen molar-refractivity contribution in [1.82, 2.24) is 4.98 Å². The summed E-state index contributed by atoms with van der Waals surface area (Å²) >= 11 is -2.36. The first-order valence-electron chi connectivity index (χ1n) is 3.76. The van der Waals surface area contributed by atoms with E-state index in [1.165, 1.54) is 0 Å². The SMILES string of the molecule is Cc1ccnc(C)c1[N+](=O)[O-].NS(=O)[O-]. The molecule has 0 saturated heterocycles. The highest BCUT2D eigenvalue weighted by Gasteiger charge is 2.13. The van der Waals surface area contributed by atoms with Crippen LogP contribution in [-0.2, 0) is 11.3 Å². The third-order valence-corrected chi connectivity index (χ3v) is 1.49. The molecule has 2 N–H and O–H groups in total. The predicted octanol–water partition coefficient (Wildman–Crippen LogP) is 0.346. The minimum absolute atomic E-state index is 0.118. The molecule has 15 heavy (non-hydrogen) atoms. The smallest absolute Gasteiger partial charge is 0.293 e. The normalized spacial score (nSPS) is 11.2. The van der Waals surface area contributed by atoms with Gasteiger partial charge >= 0.3 is 0 Å². The summed E-state index contributed by atoms with van der Waals surface area (Å²) in [6, 6.07) is 1.63. The Morgan fingerprint density at radius 1 is 1.53 bits per heavy atom. The number of rotatable bonds is 1. The van der Waals surface area contributed by atoms with Gasteiger partial charge in [-0.15, -0.1) is 0 Å². The van der Waals surface area contributed by atoms with E-state index in [9.17, 15) is 10.1 Å². The zero-order chi connectivity index (χ0) is 12.0. The maximum atomic E-state index is 10.4. The van der Waals surface area contributed by atoms with E-state index in [4.69, 9.17) is 8.76 Å². The maximum Gasteiger partial charge on any atom is 0.293 e. The number of nitrogens with two attached hydrogens (primary N) is 1. The number of nitro groups is 1. The lowest BCUT2D eigenvalue weighted by Crippen LogP contribution is -1.97. The highest BCUT2D eigenvalue weighted by Crippen LogP contribution is 2.18. The molecule has 1 atom stereocenters. The molecule has 7 nitrogen and oxygen atoms in total. The Morgan fingerprint density at radius 3 is 2.27 bits per heavy atom. The lowest BCUT2D eigenvalue weighted by Gasteiger charge is -1.97. The molecule has 0 aliphatic carbocycles. The van der Waals surface area contributed by atoms with Gasteiger partial charge in [-0.1, -0.05) is 0 Å². The Labute approximate surface area is 88.9 Å². The van der Waals surface area contributed by atoms with Gasteiger partial charge < -0.3 is 4.55 Å². The third-order valence-electron chi connectivity index (χ3n) is 1.49. The molecule has 1 heterocycles. The second-order valence-electron chi connectivity index (χ2n) is 2.58. The van der Waals surface area contributed by atoms with E-state index in [2.05, 4.69) is 10.1 Å². The number of aryl methyl sites for hydroxylation is 2. The van der Waals surface area contributed by atoms with E-state index in [0.29, 0.717) is 11.3 Å². The molecule has 0 aliphatic heterocycles. The Kier molecular flexibility index (Phi) is 5.60. The van der Waals surface area contributed by atoms with Crippen LogP contribution < -0.4 is 5.14 Å². The average molecular weight is 232 g/mol. The van der Waals surface area contributed by atoms with Crippen molar-refractivity contribution in [3.8, 4) is 0 Å². The fourth-order valence-electron chi connectivity index (χ4n) is 0.962. The van der Waals surface area contributed by atoms with Gasteiger partial charge in [-0.3, -0.25) is 24.4 Å². The fourth-order valence-corrected chi connectivity index (χ4v) is 0.962. The Morgan fingerprint density at radius 2 is 2.00 bits per heavy atom. The van der Waals surface area contributed by atoms with E-state index in [1.54, 1.807) is 26.1 Å². The second-order valence-corrected chi connectivity index (χ2v) is 3.10. The van der Waals surface area contributed by atoms with Crippen molar-refractivity contribution in [2.24, 2.45) is 5.14 Å². The first-order valence-corrected chi connectivity index (χ1v) is 4.90. The standard InChI is InChI=1S/C7H8N2O2.H3NO2S/c1-5-3-4-8-6(2)7(5)9(10)11;1-4(2)3/h3-4H,1-2H3;1H2,(H,2,3)/p-1. The van der Waals surface area contributed by atoms with E-state index >= 15 is 0 Å².